The van der Waals surface area contributed by atoms with Gasteiger partial charge in [0.15, 0.2) is 0 Å². The molecule has 5 unspecified atom stereocenters. The predicted octanol–water partition coefficient (Wildman–Crippen LogP) is 1.42. The molecule has 2 rings (SSSR count). The first-order chi connectivity index (χ1) is 8.02. The molecule has 17 heavy (non-hydrogen) atoms. The quantitative estimate of drug-likeness (QED) is 0.711. The number of aliphatic carboxylic acids is 1. The summed E-state index contributed by atoms with van der Waals surface area (Å²) in [6.07, 6.45) is 4.01. The first-order valence-corrected chi connectivity index (χ1v) is 6.18. The topological polar surface area (TPSA) is 66.4 Å². The number of nitrogens with one attached hydrogen (secondary N) is 1. The van der Waals surface area contributed by atoms with Gasteiger partial charge in [-0.1, -0.05) is 6.58 Å². The second-order valence-corrected chi connectivity index (χ2v) is 5.35. The molecule has 0 aromatic carbocycles. The molecule has 0 saturated heterocycles. The molecule has 0 aromatic rings. The molecule has 2 fully saturated rings. The minimum atomic E-state index is -0.676. The second-order valence-electron chi connectivity index (χ2n) is 5.35. The highest BCUT2D eigenvalue weighted by molar-refractivity contribution is 5.87. The van der Waals surface area contributed by atoms with Gasteiger partial charge >= 0.3 is 5.97 Å². The van der Waals surface area contributed by atoms with Gasteiger partial charge in [-0.05, 0) is 50.0 Å². The Bertz CT molecular complexity index is 353. The highest BCUT2D eigenvalue weighted by Crippen LogP contribution is 2.59. The van der Waals surface area contributed by atoms with Gasteiger partial charge in [-0.15, -0.1) is 0 Å². The molecule has 2 saturated carbocycles. The Morgan fingerprint density at radius 3 is 2.82 bits per heavy atom. The van der Waals surface area contributed by atoms with Crippen LogP contribution in [0.15, 0.2) is 12.7 Å². The van der Waals surface area contributed by atoms with E-state index in [1.54, 1.807) is 0 Å². The SMILES string of the molecule is C=CC(=O)NC(C)CC1C(C(=O)O)CC2CC21. The van der Waals surface area contributed by atoms with E-state index in [1.165, 1.54) is 12.5 Å². The lowest BCUT2D eigenvalue weighted by Gasteiger charge is -2.23. The Morgan fingerprint density at radius 2 is 2.24 bits per heavy atom. The minimum Gasteiger partial charge on any atom is -0.481 e. The lowest BCUT2D eigenvalue weighted by molar-refractivity contribution is -0.143. The zero-order valence-corrected chi connectivity index (χ0v) is 10.1. The number of hydrogen-bond donors (Lipinski definition) is 2. The summed E-state index contributed by atoms with van der Waals surface area (Å²) >= 11 is 0. The van der Waals surface area contributed by atoms with Crippen LogP contribution in [-0.4, -0.2) is 23.0 Å². The third kappa shape index (κ3) is 2.51. The van der Waals surface area contributed by atoms with Crippen LogP contribution in [0.1, 0.15) is 26.2 Å². The molecule has 0 aromatic heterocycles. The molecular formula is C13H19NO3. The van der Waals surface area contributed by atoms with E-state index in [1.807, 2.05) is 6.92 Å². The Balaban J connectivity index is 1.90. The van der Waals surface area contributed by atoms with E-state index < -0.39 is 5.97 Å². The standard InChI is InChI=1S/C13H19NO3/c1-3-12(15)14-7(2)4-10-9-5-8(9)6-11(10)13(16)17/h3,7-11H,1,4-6H2,2H3,(H,14,15)(H,16,17). The van der Waals surface area contributed by atoms with Crippen LogP contribution >= 0.6 is 0 Å². The van der Waals surface area contributed by atoms with Crippen molar-refractivity contribution in [3.05, 3.63) is 12.7 Å². The van der Waals surface area contributed by atoms with E-state index in [2.05, 4.69) is 11.9 Å². The first kappa shape index (κ1) is 12.1. The Morgan fingerprint density at radius 1 is 1.53 bits per heavy atom. The summed E-state index contributed by atoms with van der Waals surface area (Å²) in [5.74, 6) is 0.376. The van der Waals surface area contributed by atoms with Crippen LogP contribution in [-0.2, 0) is 9.59 Å². The number of carbonyl (C=O) groups is 2. The second kappa shape index (κ2) is 4.51. The summed E-state index contributed by atoms with van der Waals surface area (Å²) < 4.78 is 0. The van der Waals surface area contributed by atoms with Gasteiger partial charge in [-0.25, -0.2) is 0 Å². The highest BCUT2D eigenvalue weighted by atomic mass is 16.4. The molecule has 0 aliphatic heterocycles. The Hall–Kier alpha value is -1.32. The van der Waals surface area contributed by atoms with Crippen molar-refractivity contribution in [2.24, 2.45) is 23.7 Å². The summed E-state index contributed by atoms with van der Waals surface area (Å²) in [6.45, 7) is 5.33. The highest BCUT2D eigenvalue weighted by Gasteiger charge is 2.55. The fraction of sp³-hybridized carbons (Fsp3) is 0.692. The van der Waals surface area contributed by atoms with Crippen molar-refractivity contribution in [1.29, 1.82) is 0 Å². The number of rotatable bonds is 5. The van der Waals surface area contributed by atoms with Crippen molar-refractivity contribution in [2.45, 2.75) is 32.2 Å². The number of carboxylic acids is 1. The van der Waals surface area contributed by atoms with E-state index in [0.717, 1.165) is 12.8 Å². The van der Waals surface area contributed by atoms with Gasteiger partial charge in [0.05, 0.1) is 5.92 Å². The van der Waals surface area contributed by atoms with Gasteiger partial charge in [0.1, 0.15) is 0 Å². The average molecular weight is 237 g/mol. The fourth-order valence-electron chi connectivity index (χ4n) is 3.26. The Kier molecular flexibility index (Phi) is 3.22. The number of fused-ring (bicyclic) bond motifs is 1. The molecule has 4 heteroatoms. The zero-order chi connectivity index (χ0) is 12.6. The van der Waals surface area contributed by atoms with Crippen molar-refractivity contribution < 1.29 is 14.7 Å². The van der Waals surface area contributed by atoms with E-state index in [4.69, 9.17) is 5.11 Å². The van der Waals surface area contributed by atoms with E-state index >= 15 is 0 Å². The van der Waals surface area contributed by atoms with Crippen LogP contribution in [0.3, 0.4) is 0 Å². The molecule has 4 nitrogen and oxygen atoms in total. The van der Waals surface area contributed by atoms with Gasteiger partial charge in [-0.2, -0.15) is 0 Å². The zero-order valence-electron chi connectivity index (χ0n) is 10.1. The maximum absolute atomic E-state index is 11.2. The monoisotopic (exact) mass is 237 g/mol. The summed E-state index contributed by atoms with van der Waals surface area (Å²) in [4.78, 5) is 22.3. The van der Waals surface area contributed by atoms with Gasteiger partial charge in [-0.3, -0.25) is 9.59 Å². The average Bonchev–Trinajstić information content (AvgIpc) is 2.95. The molecular weight excluding hydrogens is 218 g/mol. The molecule has 0 bridgehead atoms. The van der Waals surface area contributed by atoms with Crippen molar-refractivity contribution >= 4 is 11.9 Å². The fourth-order valence-corrected chi connectivity index (χ4v) is 3.26. The molecule has 0 heterocycles. The third-order valence-corrected chi connectivity index (χ3v) is 4.12. The van der Waals surface area contributed by atoms with Crippen LogP contribution in [0.2, 0.25) is 0 Å². The maximum atomic E-state index is 11.2. The van der Waals surface area contributed by atoms with Gasteiger partial charge < -0.3 is 10.4 Å². The van der Waals surface area contributed by atoms with Crippen molar-refractivity contribution in [2.75, 3.05) is 0 Å². The summed E-state index contributed by atoms with van der Waals surface area (Å²) in [7, 11) is 0. The van der Waals surface area contributed by atoms with Crippen molar-refractivity contribution in [1.82, 2.24) is 5.32 Å². The molecule has 2 aliphatic carbocycles. The molecule has 1 amide bonds. The molecule has 0 spiro atoms. The number of hydrogen-bond acceptors (Lipinski definition) is 2. The molecule has 2 aliphatic rings. The third-order valence-electron chi connectivity index (χ3n) is 4.12. The van der Waals surface area contributed by atoms with Crippen LogP contribution in [0, 0.1) is 23.7 Å². The van der Waals surface area contributed by atoms with Gasteiger partial charge in [0, 0.05) is 6.04 Å². The van der Waals surface area contributed by atoms with E-state index in [0.29, 0.717) is 11.8 Å². The molecule has 0 radical (unpaired) electrons. The van der Waals surface area contributed by atoms with E-state index in [9.17, 15) is 9.59 Å². The van der Waals surface area contributed by atoms with Crippen LogP contribution in [0.25, 0.3) is 0 Å². The maximum Gasteiger partial charge on any atom is 0.306 e. The lowest BCUT2D eigenvalue weighted by Crippen LogP contribution is -2.35. The van der Waals surface area contributed by atoms with Gasteiger partial charge in [0.25, 0.3) is 0 Å². The lowest BCUT2D eigenvalue weighted by atomic mass is 9.86. The minimum absolute atomic E-state index is 0.0201. The number of amides is 1. The van der Waals surface area contributed by atoms with Crippen molar-refractivity contribution in [3.63, 3.8) is 0 Å². The molecule has 94 valence electrons. The Labute approximate surface area is 101 Å². The number of carbonyl (C=O) groups excluding carboxylic acids is 1. The van der Waals surface area contributed by atoms with Crippen LogP contribution < -0.4 is 5.32 Å². The molecule has 5 atom stereocenters. The normalized spacial score (nSPS) is 35.8. The summed E-state index contributed by atoms with van der Waals surface area (Å²) in [5, 5.41) is 12.0. The summed E-state index contributed by atoms with van der Waals surface area (Å²) in [5.41, 5.74) is 0. The van der Waals surface area contributed by atoms with Crippen molar-refractivity contribution in [3.8, 4) is 0 Å². The number of carboxylic acid groups (broad SMARTS) is 1. The summed E-state index contributed by atoms with van der Waals surface area (Å²) in [6, 6.07) is 0.0201. The van der Waals surface area contributed by atoms with Crippen LogP contribution in [0.5, 0.6) is 0 Å². The van der Waals surface area contributed by atoms with Crippen LogP contribution in [0.4, 0.5) is 0 Å². The first-order valence-electron chi connectivity index (χ1n) is 6.18. The molecule has 2 N–H and O–H groups in total. The smallest absolute Gasteiger partial charge is 0.306 e. The predicted molar refractivity (Wildman–Crippen MR) is 63.2 cm³/mol. The van der Waals surface area contributed by atoms with E-state index in [-0.39, 0.29) is 23.8 Å². The largest absolute Gasteiger partial charge is 0.481 e. The van der Waals surface area contributed by atoms with Gasteiger partial charge in [0.2, 0.25) is 5.91 Å².